The maximum absolute atomic E-state index is 10.2. The number of aromatic hydroxyl groups is 1. The van der Waals surface area contributed by atoms with Gasteiger partial charge in [0, 0.05) is 29.1 Å². The number of benzene rings is 2. The van der Waals surface area contributed by atoms with Gasteiger partial charge in [0.05, 0.1) is 29.0 Å². The van der Waals surface area contributed by atoms with Gasteiger partial charge in [-0.1, -0.05) is 24.3 Å². The maximum Gasteiger partial charge on any atom is 0.145 e. The third kappa shape index (κ3) is 3.30. The molecular weight excluding hydrogens is 340 g/mol. The molecule has 0 amide bonds. The summed E-state index contributed by atoms with van der Waals surface area (Å²) in [6.45, 7) is 1.48. The fourth-order valence-electron chi connectivity index (χ4n) is 2.88. The van der Waals surface area contributed by atoms with Crippen LogP contribution in [0.3, 0.4) is 0 Å². The van der Waals surface area contributed by atoms with Gasteiger partial charge in [-0.25, -0.2) is 4.98 Å². The predicted octanol–water partition coefficient (Wildman–Crippen LogP) is 3.88. The second kappa shape index (κ2) is 7.01. The highest BCUT2D eigenvalue weighted by atomic mass is 16.3. The molecular formula is C21H18N4O2. The van der Waals surface area contributed by atoms with E-state index in [1.54, 1.807) is 19.3 Å². The van der Waals surface area contributed by atoms with Crippen molar-refractivity contribution in [2.45, 2.75) is 13.5 Å². The highest BCUT2D eigenvalue weighted by Gasteiger charge is 2.10. The van der Waals surface area contributed by atoms with Crippen LogP contribution in [0.5, 0.6) is 5.75 Å². The number of fused-ring (bicyclic) bond motifs is 1. The molecule has 0 radical (unpaired) electrons. The second-order valence-electron chi connectivity index (χ2n) is 6.20. The molecule has 2 aromatic carbocycles. The largest absolute Gasteiger partial charge is 0.505 e. The number of rotatable bonds is 4. The Kier molecular flexibility index (Phi) is 4.40. The van der Waals surface area contributed by atoms with E-state index in [-0.39, 0.29) is 12.4 Å². The molecule has 2 aromatic heterocycles. The average molecular weight is 358 g/mol. The van der Waals surface area contributed by atoms with Gasteiger partial charge in [-0.3, -0.25) is 9.98 Å². The van der Waals surface area contributed by atoms with E-state index in [0.717, 1.165) is 22.4 Å². The molecule has 2 heterocycles. The number of imidazole rings is 1. The Labute approximate surface area is 155 Å². The molecule has 3 N–H and O–H groups in total. The molecule has 4 rings (SSSR count). The van der Waals surface area contributed by atoms with Crippen LogP contribution in [0.15, 0.2) is 59.7 Å². The first-order valence-electron chi connectivity index (χ1n) is 8.53. The summed E-state index contributed by atoms with van der Waals surface area (Å²) in [6.07, 6.45) is 3.09. The van der Waals surface area contributed by atoms with E-state index < -0.39 is 0 Å². The minimum absolute atomic E-state index is 0.0266. The van der Waals surface area contributed by atoms with E-state index in [4.69, 9.17) is 0 Å². The number of aromatic nitrogens is 3. The number of aliphatic hydroxyl groups excluding tert-OH is 1. The molecule has 6 nitrogen and oxygen atoms in total. The van der Waals surface area contributed by atoms with Crippen LogP contribution in [0.1, 0.15) is 16.8 Å². The Hall–Kier alpha value is -3.51. The number of nitrogens with one attached hydrogen (secondary N) is 1. The fourth-order valence-corrected chi connectivity index (χ4v) is 2.88. The molecule has 0 unspecified atom stereocenters. The van der Waals surface area contributed by atoms with Crippen molar-refractivity contribution in [2.75, 3.05) is 0 Å². The van der Waals surface area contributed by atoms with E-state index in [1.807, 2.05) is 48.5 Å². The van der Waals surface area contributed by atoms with Crippen LogP contribution in [0, 0.1) is 6.92 Å². The lowest BCUT2D eigenvalue weighted by molar-refractivity contribution is 0.280. The minimum Gasteiger partial charge on any atom is -0.505 e. The van der Waals surface area contributed by atoms with Crippen molar-refractivity contribution >= 4 is 22.9 Å². The summed E-state index contributed by atoms with van der Waals surface area (Å²) < 4.78 is 0. The van der Waals surface area contributed by atoms with E-state index in [9.17, 15) is 10.2 Å². The van der Waals surface area contributed by atoms with Crippen LogP contribution in [0.2, 0.25) is 0 Å². The summed E-state index contributed by atoms with van der Waals surface area (Å²) in [7, 11) is 0. The lowest BCUT2D eigenvalue weighted by Crippen LogP contribution is -1.97. The SMILES string of the molecule is Cc1ncc(CO)c(C=Nc2cccc(-c3nc4ccccc4[nH]3)c2)c1O. The van der Waals surface area contributed by atoms with Gasteiger partial charge in [0.25, 0.3) is 0 Å². The molecule has 0 saturated heterocycles. The number of H-pyrrole nitrogens is 1. The molecule has 0 bridgehead atoms. The third-order valence-corrected chi connectivity index (χ3v) is 4.38. The number of hydrogen-bond donors (Lipinski definition) is 3. The van der Waals surface area contributed by atoms with Gasteiger partial charge in [-0.15, -0.1) is 0 Å². The number of aliphatic imine (C=N–C) groups is 1. The number of hydrogen-bond acceptors (Lipinski definition) is 5. The Bertz CT molecular complexity index is 1120. The smallest absolute Gasteiger partial charge is 0.145 e. The molecule has 0 saturated carbocycles. The predicted molar refractivity (Wildman–Crippen MR) is 105 cm³/mol. The Morgan fingerprint density at radius 1 is 1.15 bits per heavy atom. The van der Waals surface area contributed by atoms with Crippen LogP contribution in [-0.4, -0.2) is 31.4 Å². The summed E-state index contributed by atoms with van der Waals surface area (Å²) >= 11 is 0. The molecule has 27 heavy (non-hydrogen) atoms. The highest BCUT2D eigenvalue weighted by Crippen LogP contribution is 2.26. The zero-order valence-electron chi connectivity index (χ0n) is 14.7. The summed E-state index contributed by atoms with van der Waals surface area (Å²) in [6, 6.07) is 15.5. The molecule has 0 fully saturated rings. The number of aryl methyl sites for hydroxylation is 1. The first kappa shape index (κ1) is 16.9. The molecule has 4 aromatic rings. The molecule has 0 aliphatic heterocycles. The van der Waals surface area contributed by atoms with Crippen molar-refractivity contribution in [3.8, 4) is 17.1 Å². The van der Waals surface area contributed by atoms with E-state index in [2.05, 4.69) is 19.9 Å². The average Bonchev–Trinajstić information content (AvgIpc) is 3.13. The van der Waals surface area contributed by atoms with Crippen molar-refractivity contribution < 1.29 is 10.2 Å². The monoisotopic (exact) mass is 358 g/mol. The molecule has 0 aliphatic carbocycles. The van der Waals surface area contributed by atoms with Crippen LogP contribution < -0.4 is 0 Å². The normalized spacial score (nSPS) is 11.5. The first-order chi connectivity index (χ1) is 13.2. The summed E-state index contributed by atoms with van der Waals surface area (Å²) in [5, 5.41) is 19.7. The Balaban J connectivity index is 1.69. The van der Waals surface area contributed by atoms with E-state index in [1.165, 1.54) is 0 Å². The quantitative estimate of drug-likeness (QED) is 0.483. The van der Waals surface area contributed by atoms with E-state index in [0.29, 0.717) is 22.5 Å². The molecule has 0 atom stereocenters. The molecule has 6 heteroatoms. The number of para-hydroxylation sites is 2. The van der Waals surface area contributed by atoms with Gasteiger partial charge < -0.3 is 15.2 Å². The minimum atomic E-state index is -0.221. The van der Waals surface area contributed by atoms with Gasteiger partial charge >= 0.3 is 0 Å². The second-order valence-corrected chi connectivity index (χ2v) is 6.20. The van der Waals surface area contributed by atoms with Gasteiger partial charge in [-0.2, -0.15) is 0 Å². The summed E-state index contributed by atoms with van der Waals surface area (Å²) in [5.74, 6) is 0.797. The van der Waals surface area contributed by atoms with Crippen molar-refractivity contribution in [3.05, 3.63) is 71.5 Å². The van der Waals surface area contributed by atoms with Crippen molar-refractivity contribution in [2.24, 2.45) is 4.99 Å². The van der Waals surface area contributed by atoms with Gasteiger partial charge in [0.1, 0.15) is 11.6 Å². The lowest BCUT2D eigenvalue weighted by atomic mass is 10.1. The van der Waals surface area contributed by atoms with Crippen LogP contribution in [-0.2, 0) is 6.61 Å². The van der Waals surface area contributed by atoms with Crippen LogP contribution in [0.25, 0.3) is 22.4 Å². The highest BCUT2D eigenvalue weighted by molar-refractivity contribution is 5.88. The zero-order chi connectivity index (χ0) is 18.8. The zero-order valence-corrected chi connectivity index (χ0v) is 14.7. The lowest BCUT2D eigenvalue weighted by Gasteiger charge is -2.07. The summed E-state index contributed by atoms with van der Waals surface area (Å²) in [5.41, 5.74) is 5.00. The summed E-state index contributed by atoms with van der Waals surface area (Å²) in [4.78, 5) is 16.4. The van der Waals surface area contributed by atoms with Gasteiger partial charge in [0.15, 0.2) is 0 Å². The van der Waals surface area contributed by atoms with Crippen molar-refractivity contribution in [3.63, 3.8) is 0 Å². The van der Waals surface area contributed by atoms with Crippen LogP contribution >= 0.6 is 0 Å². The number of aromatic amines is 1. The number of pyridine rings is 1. The Morgan fingerprint density at radius 2 is 2.00 bits per heavy atom. The molecule has 134 valence electrons. The van der Waals surface area contributed by atoms with Crippen molar-refractivity contribution in [1.29, 1.82) is 0 Å². The standard InChI is InChI=1S/C21H18N4O2/c1-13-20(27)17(15(12-26)10-22-13)11-23-16-6-4-5-14(9-16)21-24-18-7-2-3-8-19(18)25-21/h2-11,26-27H,12H2,1H3,(H,24,25). The first-order valence-corrected chi connectivity index (χ1v) is 8.53. The fraction of sp³-hybridized carbons (Fsp3) is 0.0952. The Morgan fingerprint density at radius 3 is 2.81 bits per heavy atom. The maximum atomic E-state index is 10.2. The molecule has 0 aliphatic rings. The number of nitrogens with zero attached hydrogens (tertiary/aromatic N) is 3. The van der Waals surface area contributed by atoms with Gasteiger partial charge in [-0.05, 0) is 31.2 Å². The van der Waals surface area contributed by atoms with Crippen molar-refractivity contribution in [1.82, 2.24) is 15.0 Å². The van der Waals surface area contributed by atoms with Crippen LogP contribution in [0.4, 0.5) is 5.69 Å². The molecule has 0 spiro atoms. The van der Waals surface area contributed by atoms with Gasteiger partial charge in [0.2, 0.25) is 0 Å². The third-order valence-electron chi connectivity index (χ3n) is 4.38. The number of aliphatic hydroxyl groups is 1. The van der Waals surface area contributed by atoms with E-state index >= 15 is 0 Å². The topological polar surface area (TPSA) is 94.4 Å².